The van der Waals surface area contributed by atoms with Gasteiger partial charge < -0.3 is 5.32 Å². The van der Waals surface area contributed by atoms with Crippen LogP contribution in [0, 0.1) is 6.92 Å². The molecule has 2 atom stereocenters. The van der Waals surface area contributed by atoms with Crippen LogP contribution in [0.4, 0.5) is 0 Å². The summed E-state index contributed by atoms with van der Waals surface area (Å²) in [6.45, 7) is 1.85. The summed E-state index contributed by atoms with van der Waals surface area (Å²) in [5.74, 6) is 0.423. The van der Waals surface area contributed by atoms with Crippen molar-refractivity contribution in [3.8, 4) is 0 Å². The predicted molar refractivity (Wildman–Crippen MR) is 68.4 cm³/mol. The summed E-state index contributed by atoms with van der Waals surface area (Å²) in [7, 11) is 0. The highest BCUT2D eigenvalue weighted by Crippen LogP contribution is 2.40. The molecule has 0 aliphatic heterocycles. The summed E-state index contributed by atoms with van der Waals surface area (Å²) in [6, 6.07) is 10.6. The molecule has 1 aromatic carbocycles. The maximum Gasteiger partial charge on any atom is 0.254 e. The number of aromatic nitrogens is 2. The van der Waals surface area contributed by atoms with E-state index in [1.807, 2.05) is 25.1 Å². The molecule has 1 fully saturated rings. The highest BCUT2D eigenvalue weighted by molar-refractivity contribution is 5.95. The second-order valence-electron chi connectivity index (χ2n) is 4.74. The van der Waals surface area contributed by atoms with Gasteiger partial charge in [0, 0.05) is 17.7 Å². The van der Waals surface area contributed by atoms with Crippen LogP contribution in [0.1, 0.15) is 34.0 Å². The number of aryl methyl sites for hydroxylation is 1. The summed E-state index contributed by atoms with van der Waals surface area (Å²) in [5, 5.41) is 9.68. The molecule has 4 nitrogen and oxygen atoms in total. The molecule has 1 aliphatic carbocycles. The summed E-state index contributed by atoms with van der Waals surface area (Å²) in [4.78, 5) is 12.0. The summed E-state index contributed by atoms with van der Waals surface area (Å²) < 4.78 is 0. The quantitative estimate of drug-likeness (QED) is 0.863. The molecule has 1 aromatic heterocycles. The van der Waals surface area contributed by atoms with Gasteiger partial charge in [-0.25, -0.2) is 0 Å². The average molecular weight is 241 g/mol. The minimum absolute atomic E-state index is 0.0373. The number of amides is 1. The summed E-state index contributed by atoms with van der Waals surface area (Å²) >= 11 is 0. The van der Waals surface area contributed by atoms with Crippen molar-refractivity contribution in [2.24, 2.45) is 0 Å². The molecule has 4 heteroatoms. The Morgan fingerprint density at radius 1 is 1.39 bits per heavy atom. The normalized spacial score (nSPS) is 21.6. The number of nitrogens with one attached hydrogen (secondary N) is 2. The van der Waals surface area contributed by atoms with Gasteiger partial charge in [-0.15, -0.1) is 0 Å². The second-order valence-corrected chi connectivity index (χ2v) is 4.74. The van der Waals surface area contributed by atoms with Gasteiger partial charge in [-0.05, 0) is 18.9 Å². The summed E-state index contributed by atoms with van der Waals surface area (Å²) in [5.41, 5.74) is 2.74. The maximum absolute atomic E-state index is 12.0. The number of benzene rings is 1. The van der Waals surface area contributed by atoms with Gasteiger partial charge in [-0.3, -0.25) is 9.89 Å². The van der Waals surface area contributed by atoms with E-state index >= 15 is 0 Å². The van der Waals surface area contributed by atoms with E-state index in [1.54, 1.807) is 6.20 Å². The molecule has 2 aromatic rings. The van der Waals surface area contributed by atoms with Gasteiger partial charge >= 0.3 is 0 Å². The molecule has 92 valence electrons. The molecule has 18 heavy (non-hydrogen) atoms. The van der Waals surface area contributed by atoms with Crippen LogP contribution < -0.4 is 5.32 Å². The lowest BCUT2D eigenvalue weighted by molar-refractivity contribution is 0.0950. The first kappa shape index (κ1) is 11.0. The van der Waals surface area contributed by atoms with Crippen molar-refractivity contribution < 1.29 is 4.79 Å². The van der Waals surface area contributed by atoms with Crippen LogP contribution in [0.2, 0.25) is 0 Å². The van der Waals surface area contributed by atoms with Crippen LogP contribution >= 0.6 is 0 Å². The minimum Gasteiger partial charge on any atom is -0.349 e. The van der Waals surface area contributed by atoms with Crippen molar-refractivity contribution in [3.05, 3.63) is 53.3 Å². The first-order valence-corrected chi connectivity index (χ1v) is 6.11. The van der Waals surface area contributed by atoms with Crippen molar-refractivity contribution in [1.29, 1.82) is 0 Å². The van der Waals surface area contributed by atoms with E-state index in [9.17, 15) is 4.79 Å². The fourth-order valence-corrected chi connectivity index (χ4v) is 2.25. The molecule has 1 saturated carbocycles. The fraction of sp³-hybridized carbons (Fsp3) is 0.286. The van der Waals surface area contributed by atoms with Crippen LogP contribution in [-0.4, -0.2) is 22.1 Å². The van der Waals surface area contributed by atoms with Crippen molar-refractivity contribution in [1.82, 2.24) is 15.5 Å². The van der Waals surface area contributed by atoms with Crippen LogP contribution in [0.3, 0.4) is 0 Å². The number of aromatic amines is 1. The highest BCUT2D eigenvalue weighted by Gasteiger charge is 2.39. The van der Waals surface area contributed by atoms with Gasteiger partial charge in [-0.2, -0.15) is 5.10 Å². The van der Waals surface area contributed by atoms with Crippen LogP contribution in [-0.2, 0) is 0 Å². The average Bonchev–Trinajstić information content (AvgIpc) is 3.01. The molecule has 0 spiro atoms. The van der Waals surface area contributed by atoms with Crippen molar-refractivity contribution in [2.75, 3.05) is 0 Å². The number of hydrogen-bond donors (Lipinski definition) is 2. The monoisotopic (exact) mass is 241 g/mol. The molecule has 1 heterocycles. The third kappa shape index (κ3) is 2.01. The Hall–Kier alpha value is -2.10. The van der Waals surface area contributed by atoms with E-state index in [4.69, 9.17) is 0 Å². The Morgan fingerprint density at radius 2 is 2.17 bits per heavy atom. The molecule has 1 aliphatic rings. The van der Waals surface area contributed by atoms with Gasteiger partial charge in [0.05, 0.1) is 11.8 Å². The van der Waals surface area contributed by atoms with Crippen molar-refractivity contribution in [2.45, 2.75) is 25.3 Å². The van der Waals surface area contributed by atoms with E-state index in [0.717, 1.165) is 12.1 Å². The first-order valence-electron chi connectivity index (χ1n) is 6.11. The topological polar surface area (TPSA) is 57.8 Å². The number of hydrogen-bond acceptors (Lipinski definition) is 2. The summed E-state index contributed by atoms with van der Waals surface area (Å²) in [6.07, 6.45) is 2.59. The molecule has 3 rings (SSSR count). The van der Waals surface area contributed by atoms with Gasteiger partial charge in [0.15, 0.2) is 0 Å². The smallest absolute Gasteiger partial charge is 0.254 e. The number of carbonyl (C=O) groups is 1. The largest absolute Gasteiger partial charge is 0.349 e. The van der Waals surface area contributed by atoms with E-state index < -0.39 is 0 Å². The number of H-pyrrole nitrogens is 1. The Morgan fingerprint density at radius 3 is 2.83 bits per heavy atom. The zero-order chi connectivity index (χ0) is 12.5. The molecule has 0 bridgehead atoms. The van der Waals surface area contributed by atoms with E-state index in [1.165, 1.54) is 5.56 Å². The van der Waals surface area contributed by atoms with Gasteiger partial charge in [0.1, 0.15) is 0 Å². The van der Waals surface area contributed by atoms with E-state index in [2.05, 4.69) is 27.6 Å². The Kier molecular flexibility index (Phi) is 2.63. The third-order valence-corrected chi connectivity index (χ3v) is 3.41. The zero-order valence-electron chi connectivity index (χ0n) is 10.2. The third-order valence-electron chi connectivity index (χ3n) is 3.41. The molecule has 1 amide bonds. The van der Waals surface area contributed by atoms with Gasteiger partial charge in [0.2, 0.25) is 0 Å². The number of rotatable bonds is 3. The standard InChI is InChI=1S/C14H15N3O/c1-9-12(8-15-17-9)14(18)16-13-7-11(13)10-5-3-2-4-6-10/h2-6,8,11,13H,7H2,1H3,(H,15,17)(H,16,18). The second kappa shape index (κ2) is 4.29. The molecule has 2 unspecified atom stereocenters. The van der Waals surface area contributed by atoms with Crippen LogP contribution in [0.25, 0.3) is 0 Å². The lowest BCUT2D eigenvalue weighted by Crippen LogP contribution is -2.26. The maximum atomic E-state index is 12.0. The van der Waals surface area contributed by atoms with Crippen molar-refractivity contribution in [3.63, 3.8) is 0 Å². The van der Waals surface area contributed by atoms with Gasteiger partial charge in [0.25, 0.3) is 5.91 Å². The Balaban J connectivity index is 1.64. The Bertz CT molecular complexity index is 561. The lowest BCUT2D eigenvalue weighted by atomic mass is 10.1. The molecule has 0 saturated heterocycles. The molecular formula is C14H15N3O. The van der Waals surface area contributed by atoms with E-state index in [-0.39, 0.29) is 11.9 Å². The highest BCUT2D eigenvalue weighted by atomic mass is 16.1. The number of carbonyl (C=O) groups excluding carboxylic acids is 1. The van der Waals surface area contributed by atoms with Gasteiger partial charge in [-0.1, -0.05) is 30.3 Å². The SMILES string of the molecule is Cc1[nH]ncc1C(=O)NC1CC1c1ccccc1. The predicted octanol–water partition coefficient (Wildman–Crippen LogP) is 2.00. The minimum atomic E-state index is -0.0373. The Labute approximate surface area is 105 Å². The zero-order valence-corrected chi connectivity index (χ0v) is 10.2. The fourth-order valence-electron chi connectivity index (χ4n) is 2.25. The lowest BCUT2D eigenvalue weighted by Gasteiger charge is -2.03. The first-order chi connectivity index (χ1) is 8.75. The number of nitrogens with zero attached hydrogens (tertiary/aromatic N) is 1. The van der Waals surface area contributed by atoms with Crippen molar-refractivity contribution >= 4 is 5.91 Å². The molecule has 2 N–H and O–H groups in total. The molecular weight excluding hydrogens is 226 g/mol. The van der Waals surface area contributed by atoms with Crippen LogP contribution in [0.5, 0.6) is 0 Å². The van der Waals surface area contributed by atoms with E-state index in [0.29, 0.717) is 11.5 Å². The van der Waals surface area contributed by atoms with Crippen LogP contribution in [0.15, 0.2) is 36.5 Å². The molecule has 0 radical (unpaired) electrons.